The lowest BCUT2D eigenvalue weighted by molar-refractivity contribution is 0.518. The van der Waals surface area contributed by atoms with Gasteiger partial charge in [0.1, 0.15) is 0 Å². The van der Waals surface area contributed by atoms with Crippen LogP contribution in [0.15, 0.2) is 30.3 Å². The molecule has 0 atom stereocenters. The molecule has 92 valence electrons. The third kappa shape index (κ3) is 9.49. The zero-order valence-corrected chi connectivity index (χ0v) is 10.8. The summed E-state index contributed by atoms with van der Waals surface area (Å²) in [5.41, 5.74) is 6.32. The van der Waals surface area contributed by atoms with Gasteiger partial charge >= 0.3 is 0 Å². The minimum atomic E-state index is 0.490. The molecule has 16 heavy (non-hydrogen) atoms. The fraction of sp³-hybridized carbons (Fsp3) is 0.538. The molecule has 0 fully saturated rings. The topological polar surface area (TPSA) is 50.1 Å². The molecule has 3 nitrogen and oxygen atoms in total. The van der Waals surface area contributed by atoms with Gasteiger partial charge in [-0.25, -0.2) is 0 Å². The number of hydrogen-bond donors (Lipinski definition) is 3. The average Bonchev–Trinajstić information content (AvgIpc) is 2.18. The van der Waals surface area contributed by atoms with Gasteiger partial charge in [0, 0.05) is 17.8 Å². The Morgan fingerprint density at radius 1 is 1.00 bits per heavy atom. The highest BCUT2D eigenvalue weighted by Gasteiger charge is 1.92. The molecule has 3 heteroatoms. The first kappa shape index (κ1) is 14.9. The second-order valence-electron chi connectivity index (χ2n) is 4.22. The molecule has 0 saturated heterocycles. The van der Waals surface area contributed by atoms with Crippen LogP contribution < -0.4 is 16.4 Å². The van der Waals surface area contributed by atoms with E-state index >= 15 is 0 Å². The fourth-order valence-electron chi connectivity index (χ4n) is 1.34. The smallest absolute Gasteiger partial charge is 0.0628 e. The van der Waals surface area contributed by atoms with Gasteiger partial charge < -0.3 is 16.4 Å². The molecular weight excluding hydrogens is 198 g/mol. The van der Waals surface area contributed by atoms with Crippen LogP contribution in [0.3, 0.4) is 0 Å². The number of anilines is 1. The van der Waals surface area contributed by atoms with Gasteiger partial charge in [-0.15, -0.1) is 0 Å². The minimum Gasteiger partial charge on any atom is -0.373 e. The summed E-state index contributed by atoms with van der Waals surface area (Å²) in [4.78, 5) is 0. The Hall–Kier alpha value is -1.06. The van der Waals surface area contributed by atoms with E-state index in [0.717, 1.165) is 5.69 Å². The second kappa shape index (κ2) is 9.19. The molecule has 0 amide bonds. The van der Waals surface area contributed by atoms with Crippen LogP contribution in [0, 0.1) is 0 Å². The van der Waals surface area contributed by atoms with Crippen LogP contribution in [0.1, 0.15) is 27.7 Å². The van der Waals surface area contributed by atoms with E-state index in [9.17, 15) is 0 Å². The molecule has 0 heterocycles. The standard InChI is InChI=1S/C7H10N2.C6H15N/c8-6-9-7-4-2-1-3-5-7;1-5(2)7-6(3)4/h1-5,9H,6,8H2;5-7H,1-4H3. The van der Waals surface area contributed by atoms with Crippen LogP contribution >= 0.6 is 0 Å². The van der Waals surface area contributed by atoms with E-state index in [0.29, 0.717) is 18.8 Å². The lowest BCUT2D eigenvalue weighted by Crippen LogP contribution is -2.29. The summed E-state index contributed by atoms with van der Waals surface area (Å²) >= 11 is 0. The maximum absolute atomic E-state index is 5.25. The van der Waals surface area contributed by atoms with Crippen molar-refractivity contribution in [3.05, 3.63) is 30.3 Å². The van der Waals surface area contributed by atoms with E-state index in [-0.39, 0.29) is 0 Å². The predicted molar refractivity (Wildman–Crippen MR) is 72.5 cm³/mol. The summed E-state index contributed by atoms with van der Waals surface area (Å²) in [6.45, 7) is 9.10. The maximum Gasteiger partial charge on any atom is 0.0628 e. The van der Waals surface area contributed by atoms with Gasteiger partial charge in [-0.2, -0.15) is 0 Å². The number of para-hydroxylation sites is 1. The second-order valence-corrected chi connectivity index (χ2v) is 4.22. The first-order chi connectivity index (χ1) is 7.56. The first-order valence-corrected chi connectivity index (χ1v) is 5.81. The zero-order valence-electron chi connectivity index (χ0n) is 10.8. The Morgan fingerprint density at radius 3 is 1.81 bits per heavy atom. The van der Waals surface area contributed by atoms with Gasteiger partial charge in [0.05, 0.1) is 6.67 Å². The Bertz CT molecular complexity index is 239. The van der Waals surface area contributed by atoms with Crippen molar-refractivity contribution in [2.24, 2.45) is 5.73 Å². The van der Waals surface area contributed by atoms with E-state index in [1.807, 2.05) is 30.3 Å². The molecule has 1 aromatic rings. The molecule has 0 aliphatic heterocycles. The van der Waals surface area contributed by atoms with E-state index < -0.39 is 0 Å². The Morgan fingerprint density at radius 2 is 1.50 bits per heavy atom. The molecular formula is C13H25N3. The highest BCUT2D eigenvalue weighted by Crippen LogP contribution is 2.02. The summed E-state index contributed by atoms with van der Waals surface area (Å²) in [5.74, 6) is 0. The molecule has 0 spiro atoms. The minimum absolute atomic E-state index is 0.490. The summed E-state index contributed by atoms with van der Waals surface area (Å²) in [5, 5.41) is 6.29. The molecule has 1 rings (SSSR count). The third-order valence-corrected chi connectivity index (χ3v) is 1.75. The number of nitrogens with one attached hydrogen (secondary N) is 2. The molecule has 1 aromatic carbocycles. The van der Waals surface area contributed by atoms with Crippen molar-refractivity contribution in [1.29, 1.82) is 0 Å². The molecule has 0 aromatic heterocycles. The van der Waals surface area contributed by atoms with Crippen molar-refractivity contribution in [2.75, 3.05) is 12.0 Å². The molecule has 0 aliphatic carbocycles. The van der Waals surface area contributed by atoms with E-state index in [1.54, 1.807) is 0 Å². The number of nitrogens with two attached hydrogens (primary N) is 1. The summed E-state index contributed by atoms with van der Waals surface area (Å²) in [6.07, 6.45) is 0. The molecule has 0 radical (unpaired) electrons. The van der Waals surface area contributed by atoms with Crippen molar-refractivity contribution >= 4 is 5.69 Å². The van der Waals surface area contributed by atoms with Gasteiger partial charge in [0.2, 0.25) is 0 Å². The first-order valence-electron chi connectivity index (χ1n) is 5.81. The Kier molecular flexibility index (Phi) is 8.58. The van der Waals surface area contributed by atoms with Crippen molar-refractivity contribution in [3.8, 4) is 0 Å². The fourth-order valence-corrected chi connectivity index (χ4v) is 1.34. The van der Waals surface area contributed by atoms with E-state index in [1.165, 1.54) is 0 Å². The van der Waals surface area contributed by atoms with Gasteiger partial charge in [-0.05, 0) is 12.1 Å². The van der Waals surface area contributed by atoms with Crippen molar-refractivity contribution in [2.45, 2.75) is 39.8 Å². The largest absolute Gasteiger partial charge is 0.373 e. The maximum atomic E-state index is 5.25. The van der Waals surface area contributed by atoms with Crippen molar-refractivity contribution in [3.63, 3.8) is 0 Å². The summed E-state index contributed by atoms with van der Waals surface area (Å²) < 4.78 is 0. The molecule has 0 aliphatic rings. The van der Waals surface area contributed by atoms with Gasteiger partial charge in [0.25, 0.3) is 0 Å². The summed E-state index contributed by atoms with van der Waals surface area (Å²) in [6, 6.07) is 11.1. The monoisotopic (exact) mass is 223 g/mol. The molecule has 0 unspecified atom stereocenters. The van der Waals surface area contributed by atoms with Gasteiger partial charge in [-0.3, -0.25) is 0 Å². The number of hydrogen-bond acceptors (Lipinski definition) is 3. The third-order valence-electron chi connectivity index (χ3n) is 1.75. The van der Waals surface area contributed by atoms with Gasteiger partial charge in [-0.1, -0.05) is 45.9 Å². The average molecular weight is 223 g/mol. The van der Waals surface area contributed by atoms with Crippen LogP contribution in [0.5, 0.6) is 0 Å². The predicted octanol–water partition coefficient (Wildman–Crippen LogP) is 2.41. The molecule has 0 bridgehead atoms. The Labute approximate surface area is 99.4 Å². The number of rotatable bonds is 4. The van der Waals surface area contributed by atoms with Crippen LogP contribution in [0.25, 0.3) is 0 Å². The van der Waals surface area contributed by atoms with E-state index in [4.69, 9.17) is 5.73 Å². The Balaban J connectivity index is 0.000000293. The SMILES string of the molecule is CC(C)NC(C)C.NCNc1ccccc1. The molecule has 0 saturated carbocycles. The number of benzene rings is 1. The highest BCUT2D eigenvalue weighted by atomic mass is 15.0. The highest BCUT2D eigenvalue weighted by molar-refractivity contribution is 5.41. The lowest BCUT2D eigenvalue weighted by Gasteiger charge is -2.10. The van der Waals surface area contributed by atoms with Crippen molar-refractivity contribution < 1.29 is 0 Å². The van der Waals surface area contributed by atoms with E-state index in [2.05, 4.69) is 38.3 Å². The zero-order chi connectivity index (χ0) is 12.4. The van der Waals surface area contributed by atoms with Crippen LogP contribution in [-0.4, -0.2) is 18.8 Å². The van der Waals surface area contributed by atoms with Crippen LogP contribution in [0.2, 0.25) is 0 Å². The van der Waals surface area contributed by atoms with Crippen LogP contribution in [0.4, 0.5) is 5.69 Å². The van der Waals surface area contributed by atoms with Crippen molar-refractivity contribution in [1.82, 2.24) is 5.32 Å². The lowest BCUT2D eigenvalue weighted by atomic mass is 10.3. The normalized spacial score (nSPS) is 9.94. The molecule has 4 N–H and O–H groups in total. The van der Waals surface area contributed by atoms with Gasteiger partial charge in [0.15, 0.2) is 0 Å². The summed E-state index contributed by atoms with van der Waals surface area (Å²) in [7, 11) is 0. The van der Waals surface area contributed by atoms with Crippen LogP contribution in [-0.2, 0) is 0 Å². The quantitative estimate of drug-likeness (QED) is 0.687.